The molecule has 2 unspecified atom stereocenters. The summed E-state index contributed by atoms with van der Waals surface area (Å²) in [5.41, 5.74) is 0.548. The van der Waals surface area contributed by atoms with E-state index in [0.717, 1.165) is 11.8 Å². The minimum atomic E-state index is -0.926. The van der Waals surface area contributed by atoms with Crippen LogP contribution >= 0.6 is 24.0 Å². The van der Waals surface area contributed by atoms with Gasteiger partial charge < -0.3 is 14.7 Å². The summed E-state index contributed by atoms with van der Waals surface area (Å²) >= 11 is 6.45. The van der Waals surface area contributed by atoms with Gasteiger partial charge in [-0.15, -0.1) is 0 Å². The van der Waals surface area contributed by atoms with Crippen molar-refractivity contribution in [3.63, 3.8) is 0 Å². The van der Waals surface area contributed by atoms with Gasteiger partial charge in [0.2, 0.25) is 0 Å². The molecule has 2 aliphatic heterocycles. The summed E-state index contributed by atoms with van der Waals surface area (Å²) in [6, 6.07) is 5.34. The summed E-state index contributed by atoms with van der Waals surface area (Å²) in [7, 11) is 0. The lowest BCUT2D eigenvalue weighted by molar-refractivity contribution is -0.137. The van der Waals surface area contributed by atoms with Gasteiger partial charge in [-0.2, -0.15) is 0 Å². The molecule has 0 bridgehead atoms. The van der Waals surface area contributed by atoms with Crippen molar-refractivity contribution in [2.75, 3.05) is 24.5 Å². The summed E-state index contributed by atoms with van der Waals surface area (Å²) in [5, 5.41) is 8.86. The Kier molecular flexibility index (Phi) is 6.82. The zero-order valence-corrected chi connectivity index (χ0v) is 19.9. The van der Waals surface area contributed by atoms with Crippen LogP contribution in [0.15, 0.2) is 34.1 Å². The van der Waals surface area contributed by atoms with E-state index in [1.165, 1.54) is 9.30 Å². The Morgan fingerprint density at radius 1 is 1.30 bits per heavy atom. The lowest BCUT2D eigenvalue weighted by atomic mass is 10.2. The molecule has 0 spiro atoms. The normalized spacial score (nSPS) is 22.5. The summed E-state index contributed by atoms with van der Waals surface area (Å²) in [6.45, 7) is 5.29. The summed E-state index contributed by atoms with van der Waals surface area (Å²) in [6.07, 6.45) is 3.38. The molecular formula is C22H24N4O5S2. The van der Waals surface area contributed by atoms with Gasteiger partial charge in [0, 0.05) is 32.3 Å². The first-order chi connectivity index (χ1) is 15.7. The van der Waals surface area contributed by atoms with Gasteiger partial charge in [0.05, 0.1) is 22.7 Å². The average molecular weight is 489 g/mol. The third kappa shape index (κ3) is 4.94. The molecule has 2 aromatic rings. The molecule has 2 aliphatic rings. The molecule has 11 heteroatoms. The number of rotatable bonds is 6. The molecule has 2 aromatic heterocycles. The van der Waals surface area contributed by atoms with Crippen molar-refractivity contribution in [2.24, 2.45) is 0 Å². The number of aromatic nitrogens is 2. The maximum atomic E-state index is 13.4. The zero-order valence-electron chi connectivity index (χ0n) is 18.3. The molecule has 0 aromatic carbocycles. The molecule has 9 nitrogen and oxygen atoms in total. The quantitative estimate of drug-likeness (QED) is 0.485. The molecule has 1 amide bonds. The molecule has 4 rings (SSSR count). The molecule has 2 atom stereocenters. The number of morpholine rings is 1. The molecule has 2 fully saturated rings. The molecule has 174 valence electrons. The van der Waals surface area contributed by atoms with Crippen molar-refractivity contribution in [1.82, 2.24) is 14.3 Å². The van der Waals surface area contributed by atoms with Crippen LogP contribution in [0.25, 0.3) is 11.7 Å². The number of ether oxygens (including phenoxy) is 1. The Balaban J connectivity index is 1.75. The van der Waals surface area contributed by atoms with Crippen LogP contribution in [0.5, 0.6) is 0 Å². The fourth-order valence-electron chi connectivity index (χ4n) is 4.02. The van der Waals surface area contributed by atoms with Crippen LogP contribution in [0.4, 0.5) is 5.82 Å². The maximum Gasteiger partial charge on any atom is 0.303 e. The first-order valence-corrected chi connectivity index (χ1v) is 11.9. The van der Waals surface area contributed by atoms with Gasteiger partial charge in [-0.05, 0) is 38.5 Å². The number of carboxylic acid groups (broad SMARTS) is 1. The van der Waals surface area contributed by atoms with E-state index in [0.29, 0.717) is 45.8 Å². The highest BCUT2D eigenvalue weighted by Gasteiger charge is 2.33. The second kappa shape index (κ2) is 9.62. The van der Waals surface area contributed by atoms with Crippen molar-refractivity contribution < 1.29 is 19.4 Å². The number of amides is 1. The van der Waals surface area contributed by atoms with E-state index in [-0.39, 0.29) is 36.6 Å². The fourth-order valence-corrected chi connectivity index (χ4v) is 5.31. The minimum Gasteiger partial charge on any atom is -0.481 e. The van der Waals surface area contributed by atoms with Crippen LogP contribution in [0.3, 0.4) is 0 Å². The van der Waals surface area contributed by atoms with E-state index in [1.54, 1.807) is 24.4 Å². The second-order valence-electron chi connectivity index (χ2n) is 8.08. The van der Waals surface area contributed by atoms with Crippen molar-refractivity contribution in [2.45, 2.75) is 38.9 Å². The van der Waals surface area contributed by atoms with Crippen molar-refractivity contribution in [3.05, 3.63) is 45.2 Å². The number of hydrogen-bond donors (Lipinski definition) is 1. The minimum absolute atomic E-state index is 0.0370. The van der Waals surface area contributed by atoms with Crippen molar-refractivity contribution in [3.8, 4) is 0 Å². The number of fused-ring (bicyclic) bond motifs is 1. The standard InChI is InChI=1S/C22H24N4O5S2/c1-13-11-24(12-14(2)31-13)19-15(20(29)25-8-4-3-6-17(25)23-19)10-16-21(30)26(22(32)33-16)9-5-7-18(27)28/h3-4,6,8,10,13-14H,5,7,9,11-12H2,1-2H3,(H,27,28)/b16-10+. The molecule has 2 saturated heterocycles. The van der Waals surface area contributed by atoms with Gasteiger partial charge in [-0.1, -0.05) is 30.0 Å². The first kappa shape index (κ1) is 23.4. The number of carbonyl (C=O) groups excluding carboxylic acids is 1. The Hall–Kier alpha value is -2.76. The lowest BCUT2D eigenvalue weighted by Gasteiger charge is -2.36. The summed E-state index contributed by atoms with van der Waals surface area (Å²) in [4.78, 5) is 45.7. The first-order valence-electron chi connectivity index (χ1n) is 10.6. The Morgan fingerprint density at radius 2 is 2.03 bits per heavy atom. The predicted molar refractivity (Wildman–Crippen MR) is 130 cm³/mol. The van der Waals surface area contributed by atoms with Gasteiger partial charge >= 0.3 is 5.97 Å². The number of thiocarbonyl (C=S) groups is 1. The second-order valence-corrected chi connectivity index (χ2v) is 9.75. The fraction of sp³-hybridized carbons (Fsp3) is 0.409. The molecule has 4 heterocycles. The monoisotopic (exact) mass is 488 g/mol. The molecule has 0 aliphatic carbocycles. The highest BCUT2D eigenvalue weighted by Crippen LogP contribution is 2.34. The summed E-state index contributed by atoms with van der Waals surface area (Å²) < 4.78 is 7.64. The largest absolute Gasteiger partial charge is 0.481 e. The predicted octanol–water partition coefficient (Wildman–Crippen LogP) is 2.37. The van der Waals surface area contributed by atoms with E-state index in [2.05, 4.69) is 0 Å². The molecule has 0 saturated carbocycles. The van der Waals surface area contributed by atoms with Gasteiger partial charge in [-0.25, -0.2) is 4.98 Å². The smallest absolute Gasteiger partial charge is 0.303 e. The van der Waals surface area contributed by atoms with Crippen LogP contribution in [0, 0.1) is 0 Å². The van der Waals surface area contributed by atoms with Gasteiger partial charge in [0.1, 0.15) is 15.8 Å². The maximum absolute atomic E-state index is 13.4. The average Bonchev–Trinajstić information content (AvgIpc) is 3.02. The Bertz CT molecular complexity index is 1200. The highest BCUT2D eigenvalue weighted by molar-refractivity contribution is 8.26. The third-order valence-electron chi connectivity index (χ3n) is 5.39. The van der Waals surface area contributed by atoms with Crippen LogP contribution in [0.2, 0.25) is 0 Å². The summed E-state index contributed by atoms with van der Waals surface area (Å²) in [5.74, 6) is -0.753. The van der Waals surface area contributed by atoms with Crippen LogP contribution in [-0.2, 0) is 14.3 Å². The molecule has 0 radical (unpaired) electrons. The van der Waals surface area contributed by atoms with Crippen molar-refractivity contribution in [1.29, 1.82) is 0 Å². The number of carboxylic acids is 1. The van der Waals surface area contributed by atoms with Gasteiger partial charge in [0.25, 0.3) is 11.5 Å². The number of pyridine rings is 1. The number of aliphatic carboxylic acids is 1. The number of thioether (sulfide) groups is 1. The van der Waals surface area contributed by atoms with Crippen LogP contribution < -0.4 is 10.5 Å². The zero-order chi connectivity index (χ0) is 23.7. The number of hydrogen-bond acceptors (Lipinski definition) is 8. The van der Waals surface area contributed by atoms with E-state index < -0.39 is 5.97 Å². The SMILES string of the molecule is CC1CN(c2nc3ccccn3c(=O)c2/C=C2/SC(=S)N(CCCC(=O)O)C2=O)CC(C)O1. The number of nitrogens with zero attached hydrogens (tertiary/aromatic N) is 4. The van der Waals surface area contributed by atoms with Crippen LogP contribution in [0.1, 0.15) is 32.3 Å². The lowest BCUT2D eigenvalue weighted by Crippen LogP contribution is -2.46. The van der Waals surface area contributed by atoms with E-state index in [4.69, 9.17) is 27.0 Å². The Labute approximate surface area is 200 Å². The number of carbonyl (C=O) groups is 2. The van der Waals surface area contributed by atoms with E-state index in [9.17, 15) is 14.4 Å². The molecule has 1 N–H and O–H groups in total. The van der Waals surface area contributed by atoms with E-state index in [1.807, 2.05) is 24.8 Å². The highest BCUT2D eigenvalue weighted by atomic mass is 32.2. The molecule has 33 heavy (non-hydrogen) atoms. The molecular weight excluding hydrogens is 464 g/mol. The van der Waals surface area contributed by atoms with Gasteiger partial charge in [0.15, 0.2) is 0 Å². The van der Waals surface area contributed by atoms with Crippen LogP contribution in [-0.4, -0.2) is 67.4 Å². The number of anilines is 1. The van der Waals surface area contributed by atoms with Gasteiger partial charge in [-0.3, -0.25) is 23.7 Å². The third-order valence-corrected chi connectivity index (χ3v) is 6.77. The van der Waals surface area contributed by atoms with E-state index >= 15 is 0 Å². The van der Waals surface area contributed by atoms with Crippen molar-refractivity contribution >= 4 is 57.7 Å². The Morgan fingerprint density at radius 3 is 2.73 bits per heavy atom. The topological polar surface area (TPSA) is 104 Å².